The Balaban J connectivity index is 2.01. The number of aromatic nitrogens is 1. The number of hydrogen-bond acceptors (Lipinski definition) is 3. The summed E-state index contributed by atoms with van der Waals surface area (Å²) in [7, 11) is 2.15. The Morgan fingerprint density at radius 3 is 2.63 bits per heavy atom. The SMILES string of the molecule is CC(=O)c1cc2cccc(N3CCN(C)CC3)c2[nH]1. The number of benzene rings is 1. The highest BCUT2D eigenvalue weighted by Gasteiger charge is 2.17. The molecule has 100 valence electrons. The fourth-order valence-corrected chi connectivity index (χ4v) is 2.64. The molecule has 4 nitrogen and oxygen atoms in total. The Hall–Kier alpha value is -1.81. The van der Waals surface area contributed by atoms with E-state index < -0.39 is 0 Å². The number of hydrogen-bond donors (Lipinski definition) is 1. The molecule has 0 spiro atoms. The first-order valence-corrected chi connectivity index (χ1v) is 6.71. The molecule has 1 aromatic heterocycles. The predicted octanol–water partition coefficient (Wildman–Crippen LogP) is 2.12. The standard InChI is InChI=1S/C15H19N3O/c1-11(19)13-10-12-4-3-5-14(15(12)16-13)18-8-6-17(2)7-9-18/h3-5,10,16H,6-9H2,1-2H3. The van der Waals surface area contributed by atoms with E-state index in [0.29, 0.717) is 5.69 Å². The van der Waals surface area contributed by atoms with E-state index in [1.54, 1.807) is 6.92 Å². The van der Waals surface area contributed by atoms with Crippen molar-refractivity contribution in [2.24, 2.45) is 0 Å². The zero-order valence-corrected chi connectivity index (χ0v) is 11.4. The lowest BCUT2D eigenvalue weighted by molar-refractivity contribution is 0.101. The quantitative estimate of drug-likeness (QED) is 0.838. The van der Waals surface area contributed by atoms with Gasteiger partial charge in [0.2, 0.25) is 0 Å². The highest BCUT2D eigenvalue weighted by atomic mass is 16.1. The molecule has 0 radical (unpaired) electrons. The third-order valence-electron chi connectivity index (χ3n) is 3.86. The third-order valence-corrected chi connectivity index (χ3v) is 3.86. The van der Waals surface area contributed by atoms with E-state index in [1.165, 1.54) is 5.69 Å². The van der Waals surface area contributed by atoms with Gasteiger partial charge < -0.3 is 14.8 Å². The number of nitrogens with zero attached hydrogens (tertiary/aromatic N) is 2. The van der Waals surface area contributed by atoms with Crippen molar-refractivity contribution in [3.8, 4) is 0 Å². The van der Waals surface area contributed by atoms with Crippen LogP contribution in [0.15, 0.2) is 24.3 Å². The van der Waals surface area contributed by atoms with Gasteiger partial charge in [0.1, 0.15) is 0 Å². The predicted molar refractivity (Wildman–Crippen MR) is 78.0 cm³/mol. The summed E-state index contributed by atoms with van der Waals surface area (Å²) < 4.78 is 0. The van der Waals surface area contributed by atoms with Crippen LogP contribution in [0.5, 0.6) is 0 Å². The average Bonchev–Trinajstić information content (AvgIpc) is 2.83. The lowest BCUT2D eigenvalue weighted by Crippen LogP contribution is -2.44. The number of anilines is 1. The van der Waals surface area contributed by atoms with Crippen LogP contribution in [-0.2, 0) is 0 Å². The van der Waals surface area contributed by atoms with Crippen molar-refractivity contribution in [2.45, 2.75) is 6.92 Å². The monoisotopic (exact) mass is 257 g/mol. The minimum Gasteiger partial charge on any atom is -0.367 e. The van der Waals surface area contributed by atoms with Gasteiger partial charge in [-0.3, -0.25) is 4.79 Å². The number of likely N-dealkylation sites (N-methyl/N-ethyl adjacent to an activating group) is 1. The van der Waals surface area contributed by atoms with Gasteiger partial charge >= 0.3 is 0 Å². The van der Waals surface area contributed by atoms with Crippen molar-refractivity contribution in [3.63, 3.8) is 0 Å². The number of ketones is 1. The van der Waals surface area contributed by atoms with Crippen LogP contribution >= 0.6 is 0 Å². The topological polar surface area (TPSA) is 39.3 Å². The molecule has 0 saturated carbocycles. The summed E-state index contributed by atoms with van der Waals surface area (Å²) in [5.74, 6) is 0.0838. The van der Waals surface area contributed by atoms with E-state index in [9.17, 15) is 4.79 Å². The zero-order valence-electron chi connectivity index (χ0n) is 11.4. The Morgan fingerprint density at radius 1 is 1.21 bits per heavy atom. The molecule has 0 amide bonds. The maximum atomic E-state index is 11.5. The fraction of sp³-hybridized carbons (Fsp3) is 0.400. The number of carbonyl (C=O) groups excluding carboxylic acids is 1. The summed E-state index contributed by atoms with van der Waals surface area (Å²) in [4.78, 5) is 19.5. The second kappa shape index (κ2) is 4.70. The molecule has 2 aromatic rings. The summed E-state index contributed by atoms with van der Waals surface area (Å²) in [5, 5.41) is 1.11. The van der Waals surface area contributed by atoms with Crippen molar-refractivity contribution in [1.82, 2.24) is 9.88 Å². The van der Waals surface area contributed by atoms with Gasteiger partial charge in [-0.25, -0.2) is 0 Å². The van der Waals surface area contributed by atoms with E-state index in [1.807, 2.05) is 6.07 Å². The van der Waals surface area contributed by atoms with Crippen LogP contribution in [0.3, 0.4) is 0 Å². The van der Waals surface area contributed by atoms with Gasteiger partial charge in [0.05, 0.1) is 16.9 Å². The van der Waals surface area contributed by atoms with Crippen molar-refractivity contribution < 1.29 is 4.79 Å². The molecule has 0 bridgehead atoms. The highest BCUT2D eigenvalue weighted by molar-refractivity contribution is 6.01. The van der Waals surface area contributed by atoms with Crippen LogP contribution in [-0.4, -0.2) is 48.9 Å². The smallest absolute Gasteiger partial charge is 0.175 e. The van der Waals surface area contributed by atoms with Crippen LogP contribution in [0, 0.1) is 0 Å². The van der Waals surface area contributed by atoms with Crippen LogP contribution in [0.4, 0.5) is 5.69 Å². The normalized spacial score (nSPS) is 17.1. The summed E-state index contributed by atoms with van der Waals surface area (Å²) >= 11 is 0. The first-order chi connectivity index (χ1) is 9.15. The van der Waals surface area contributed by atoms with Gasteiger partial charge in [-0.1, -0.05) is 12.1 Å². The van der Waals surface area contributed by atoms with E-state index in [4.69, 9.17) is 0 Å². The first kappa shape index (κ1) is 12.2. The Bertz CT molecular complexity index is 609. The van der Waals surface area contributed by atoms with Crippen LogP contribution in [0.1, 0.15) is 17.4 Å². The largest absolute Gasteiger partial charge is 0.367 e. The number of rotatable bonds is 2. The van der Waals surface area contributed by atoms with Crippen molar-refractivity contribution >= 4 is 22.4 Å². The van der Waals surface area contributed by atoms with Crippen LogP contribution < -0.4 is 4.90 Å². The highest BCUT2D eigenvalue weighted by Crippen LogP contribution is 2.27. The molecule has 1 aliphatic heterocycles. The lowest BCUT2D eigenvalue weighted by atomic mass is 10.2. The summed E-state index contributed by atoms with van der Waals surface area (Å²) in [6.07, 6.45) is 0. The van der Waals surface area contributed by atoms with Gasteiger partial charge in [0.25, 0.3) is 0 Å². The van der Waals surface area contributed by atoms with E-state index in [2.05, 4.69) is 40.0 Å². The number of para-hydroxylation sites is 1. The molecule has 0 atom stereocenters. The van der Waals surface area contributed by atoms with Crippen LogP contribution in [0.2, 0.25) is 0 Å². The molecule has 1 aliphatic rings. The second-order valence-electron chi connectivity index (χ2n) is 5.27. The van der Waals surface area contributed by atoms with Crippen molar-refractivity contribution in [2.75, 3.05) is 38.1 Å². The molecule has 1 aromatic carbocycles. The number of Topliss-reactive ketones (excluding diaryl/α,β-unsaturated/α-hetero) is 1. The minimum atomic E-state index is 0.0838. The molecule has 0 aliphatic carbocycles. The minimum absolute atomic E-state index is 0.0838. The molecule has 4 heteroatoms. The number of fused-ring (bicyclic) bond motifs is 1. The Labute approximate surface area is 113 Å². The number of nitrogens with one attached hydrogen (secondary N) is 1. The van der Waals surface area contributed by atoms with E-state index >= 15 is 0 Å². The van der Waals surface area contributed by atoms with Gasteiger partial charge in [-0.05, 0) is 19.2 Å². The third kappa shape index (κ3) is 2.24. The zero-order chi connectivity index (χ0) is 13.4. The fourth-order valence-electron chi connectivity index (χ4n) is 2.64. The maximum Gasteiger partial charge on any atom is 0.175 e. The maximum absolute atomic E-state index is 11.5. The average molecular weight is 257 g/mol. The lowest BCUT2D eigenvalue weighted by Gasteiger charge is -2.34. The number of carbonyl (C=O) groups is 1. The molecular formula is C15H19N3O. The molecule has 3 rings (SSSR count). The number of piperazine rings is 1. The molecule has 0 unspecified atom stereocenters. The molecule has 1 saturated heterocycles. The Kier molecular flexibility index (Phi) is 3.03. The van der Waals surface area contributed by atoms with Gasteiger partial charge in [-0.2, -0.15) is 0 Å². The Morgan fingerprint density at radius 2 is 1.95 bits per heavy atom. The van der Waals surface area contributed by atoms with Gasteiger partial charge in [0, 0.05) is 38.5 Å². The second-order valence-corrected chi connectivity index (χ2v) is 5.27. The summed E-state index contributed by atoms with van der Waals surface area (Å²) in [6.45, 7) is 5.82. The van der Waals surface area contributed by atoms with E-state index in [0.717, 1.165) is 37.1 Å². The molecule has 1 N–H and O–H groups in total. The number of H-pyrrole nitrogens is 1. The molecule has 19 heavy (non-hydrogen) atoms. The number of aromatic amines is 1. The van der Waals surface area contributed by atoms with Gasteiger partial charge in [0.15, 0.2) is 5.78 Å². The van der Waals surface area contributed by atoms with Crippen LogP contribution in [0.25, 0.3) is 10.9 Å². The molecule has 2 heterocycles. The summed E-state index contributed by atoms with van der Waals surface area (Å²) in [6, 6.07) is 8.19. The first-order valence-electron chi connectivity index (χ1n) is 6.71. The van der Waals surface area contributed by atoms with Crippen molar-refractivity contribution in [3.05, 3.63) is 30.0 Å². The van der Waals surface area contributed by atoms with Crippen molar-refractivity contribution in [1.29, 1.82) is 0 Å². The summed E-state index contributed by atoms with van der Waals surface area (Å²) in [5.41, 5.74) is 2.98. The van der Waals surface area contributed by atoms with Gasteiger partial charge in [-0.15, -0.1) is 0 Å². The van der Waals surface area contributed by atoms with E-state index in [-0.39, 0.29) is 5.78 Å². The molecular weight excluding hydrogens is 238 g/mol. The molecule has 1 fully saturated rings.